The Morgan fingerprint density at radius 1 is 1.60 bits per heavy atom. The van der Waals surface area contributed by atoms with Crippen LogP contribution in [0.3, 0.4) is 0 Å². The van der Waals surface area contributed by atoms with Crippen LogP contribution in [0.25, 0.3) is 0 Å². The first-order chi connectivity index (χ1) is 4.63. The van der Waals surface area contributed by atoms with E-state index in [0.717, 1.165) is 0 Å². The van der Waals surface area contributed by atoms with E-state index < -0.39 is 17.7 Å². The quantitative estimate of drug-likeness (QED) is 0.315. The van der Waals surface area contributed by atoms with Gasteiger partial charge in [0.05, 0.1) is 0 Å². The molecule has 4 nitrogen and oxygen atoms in total. The van der Waals surface area contributed by atoms with Crippen molar-refractivity contribution >= 4 is 17.9 Å². The van der Waals surface area contributed by atoms with E-state index >= 15 is 0 Å². The van der Waals surface area contributed by atoms with Crippen molar-refractivity contribution in [1.82, 2.24) is 0 Å². The maximum Gasteiger partial charge on any atom is 0.263 e. The molecule has 56 valence electrons. The number of carbonyl (C=O) groups excluding carboxylic acids is 3. The summed E-state index contributed by atoms with van der Waals surface area (Å²) < 4.78 is 0. The van der Waals surface area contributed by atoms with Gasteiger partial charge in [-0.15, -0.1) is 0 Å². The summed E-state index contributed by atoms with van der Waals surface area (Å²) in [7, 11) is 0. The van der Waals surface area contributed by atoms with Crippen LogP contribution in [-0.4, -0.2) is 29.1 Å². The third-order valence-electron chi connectivity index (χ3n) is 1.04. The number of carbonyl (C=O) groups is 3. The highest BCUT2D eigenvalue weighted by atomic mass is 16.3. The average molecular weight is 144 g/mol. The van der Waals surface area contributed by atoms with E-state index in [1.54, 1.807) is 6.92 Å². The van der Waals surface area contributed by atoms with Crippen LogP contribution >= 0.6 is 0 Å². The summed E-state index contributed by atoms with van der Waals surface area (Å²) in [6.07, 6.45) is -1.27. The zero-order valence-electron chi connectivity index (χ0n) is 5.53. The van der Waals surface area contributed by atoms with Gasteiger partial charge in [-0.1, -0.05) is 6.92 Å². The lowest BCUT2D eigenvalue weighted by molar-refractivity contribution is -0.144. The van der Waals surface area contributed by atoms with Gasteiger partial charge in [0.15, 0.2) is 6.29 Å². The van der Waals surface area contributed by atoms with Crippen LogP contribution in [0.4, 0.5) is 0 Å². The zero-order chi connectivity index (χ0) is 8.15. The van der Waals surface area contributed by atoms with E-state index in [1.807, 2.05) is 0 Å². The van der Waals surface area contributed by atoms with Gasteiger partial charge < -0.3 is 5.11 Å². The molecule has 0 saturated heterocycles. The summed E-state index contributed by atoms with van der Waals surface area (Å²) in [4.78, 5) is 30.4. The van der Waals surface area contributed by atoms with Gasteiger partial charge in [0.25, 0.3) is 5.78 Å². The van der Waals surface area contributed by atoms with Gasteiger partial charge >= 0.3 is 0 Å². The van der Waals surface area contributed by atoms with E-state index in [4.69, 9.17) is 5.11 Å². The Bertz CT molecular complexity index is 161. The summed E-state index contributed by atoms with van der Waals surface area (Å²) in [5.74, 6) is -2.20. The molecular weight excluding hydrogens is 136 g/mol. The van der Waals surface area contributed by atoms with Gasteiger partial charge in [-0.2, -0.15) is 0 Å². The second-order valence-electron chi connectivity index (χ2n) is 1.77. The molecule has 0 amide bonds. The van der Waals surface area contributed by atoms with Crippen molar-refractivity contribution in [1.29, 1.82) is 0 Å². The molecule has 0 saturated carbocycles. The molecule has 1 N–H and O–H groups in total. The second kappa shape index (κ2) is 3.90. The molecule has 0 radical (unpaired) electrons. The second-order valence-corrected chi connectivity index (χ2v) is 1.77. The summed E-state index contributed by atoms with van der Waals surface area (Å²) in [5, 5.41) is 8.70. The van der Waals surface area contributed by atoms with E-state index in [2.05, 4.69) is 0 Å². The van der Waals surface area contributed by atoms with E-state index in [1.165, 1.54) is 0 Å². The largest absolute Gasteiger partial charge is 0.385 e. The molecular formula is C6H8O4. The van der Waals surface area contributed by atoms with Crippen LogP contribution in [0, 0.1) is 0 Å². The number of ketones is 2. The summed E-state index contributed by atoms with van der Waals surface area (Å²) in [6, 6.07) is 0. The van der Waals surface area contributed by atoms with E-state index in [9.17, 15) is 14.4 Å². The molecule has 0 spiro atoms. The first kappa shape index (κ1) is 8.97. The van der Waals surface area contributed by atoms with Gasteiger partial charge in [0, 0.05) is 0 Å². The Hall–Kier alpha value is -1.03. The van der Waals surface area contributed by atoms with Crippen molar-refractivity contribution in [3.63, 3.8) is 0 Å². The number of hydrogen-bond donors (Lipinski definition) is 1. The third kappa shape index (κ3) is 2.06. The predicted octanol–water partition coefficient (Wildman–Crippen LogP) is -0.906. The molecule has 0 aliphatic rings. The maximum absolute atomic E-state index is 10.5. The molecule has 0 aliphatic heterocycles. The molecule has 0 bridgehead atoms. The van der Waals surface area contributed by atoms with Gasteiger partial charge in [-0.3, -0.25) is 14.4 Å². The molecule has 0 aliphatic carbocycles. The number of aliphatic hydroxyl groups excluding tert-OH is 1. The van der Waals surface area contributed by atoms with Crippen LogP contribution in [0.2, 0.25) is 0 Å². The zero-order valence-corrected chi connectivity index (χ0v) is 5.53. The van der Waals surface area contributed by atoms with Crippen LogP contribution in [-0.2, 0) is 14.4 Å². The number of hydrogen-bond acceptors (Lipinski definition) is 4. The fraction of sp³-hybridized carbons (Fsp3) is 0.500. The Labute approximate surface area is 57.8 Å². The summed E-state index contributed by atoms with van der Waals surface area (Å²) >= 11 is 0. The third-order valence-corrected chi connectivity index (χ3v) is 1.04. The van der Waals surface area contributed by atoms with Crippen molar-refractivity contribution in [2.45, 2.75) is 19.4 Å². The van der Waals surface area contributed by atoms with Crippen LogP contribution < -0.4 is 0 Å². The Morgan fingerprint density at radius 3 is 2.40 bits per heavy atom. The van der Waals surface area contributed by atoms with Crippen molar-refractivity contribution in [2.24, 2.45) is 0 Å². The Balaban J connectivity index is 4.07. The highest BCUT2D eigenvalue weighted by molar-refractivity contribution is 6.58. The number of aliphatic hydroxyl groups is 1. The lowest BCUT2D eigenvalue weighted by Crippen LogP contribution is -2.28. The highest BCUT2D eigenvalue weighted by Crippen LogP contribution is 1.91. The summed E-state index contributed by atoms with van der Waals surface area (Å²) in [6.45, 7) is 1.54. The summed E-state index contributed by atoms with van der Waals surface area (Å²) in [5.41, 5.74) is 0. The molecule has 0 aromatic rings. The first-order valence-corrected chi connectivity index (χ1v) is 2.84. The van der Waals surface area contributed by atoms with Crippen molar-refractivity contribution < 1.29 is 19.5 Å². The van der Waals surface area contributed by atoms with E-state index in [-0.39, 0.29) is 12.7 Å². The molecule has 10 heavy (non-hydrogen) atoms. The minimum atomic E-state index is -1.32. The molecule has 4 heteroatoms. The normalized spacial score (nSPS) is 12.2. The highest BCUT2D eigenvalue weighted by Gasteiger charge is 2.19. The molecule has 0 aromatic heterocycles. The number of aldehydes is 1. The topological polar surface area (TPSA) is 71.4 Å². The molecule has 0 fully saturated rings. The minimum absolute atomic E-state index is 0.0960. The minimum Gasteiger partial charge on any atom is -0.385 e. The van der Waals surface area contributed by atoms with Gasteiger partial charge in [0.1, 0.15) is 6.10 Å². The number of Topliss-reactive ketones (excluding diaryl/α,β-unsaturated/α-hetero) is 2. The van der Waals surface area contributed by atoms with Crippen molar-refractivity contribution in [3.05, 3.63) is 0 Å². The predicted molar refractivity (Wildman–Crippen MR) is 32.4 cm³/mol. The standard InChI is InChI=1S/C6H8O4/c1-2-4(8)6(10)5(9)3-7/h3-4,8H,2H2,1H3. The maximum atomic E-state index is 10.5. The van der Waals surface area contributed by atoms with Crippen molar-refractivity contribution in [3.8, 4) is 0 Å². The van der Waals surface area contributed by atoms with Crippen LogP contribution in [0.5, 0.6) is 0 Å². The van der Waals surface area contributed by atoms with Crippen LogP contribution in [0.15, 0.2) is 0 Å². The fourth-order valence-electron chi connectivity index (χ4n) is 0.408. The van der Waals surface area contributed by atoms with Crippen LogP contribution in [0.1, 0.15) is 13.3 Å². The van der Waals surface area contributed by atoms with E-state index in [0.29, 0.717) is 0 Å². The SMILES string of the molecule is CCC(O)C(=O)C(=O)C=O. The molecule has 1 atom stereocenters. The Kier molecular flexibility index (Phi) is 3.49. The molecule has 0 rings (SSSR count). The lowest BCUT2D eigenvalue weighted by atomic mass is 10.1. The lowest BCUT2D eigenvalue weighted by Gasteiger charge is -1.99. The molecule has 0 aromatic carbocycles. The molecule has 0 heterocycles. The van der Waals surface area contributed by atoms with Gasteiger partial charge in [-0.05, 0) is 6.42 Å². The Morgan fingerprint density at radius 2 is 2.10 bits per heavy atom. The monoisotopic (exact) mass is 144 g/mol. The van der Waals surface area contributed by atoms with Crippen molar-refractivity contribution in [2.75, 3.05) is 0 Å². The average Bonchev–Trinajstić information content (AvgIpc) is 2.00. The first-order valence-electron chi connectivity index (χ1n) is 2.84. The molecule has 1 unspecified atom stereocenters. The smallest absolute Gasteiger partial charge is 0.263 e. The number of rotatable bonds is 4. The fourth-order valence-corrected chi connectivity index (χ4v) is 0.408. The van der Waals surface area contributed by atoms with Gasteiger partial charge in [0.2, 0.25) is 5.78 Å². The van der Waals surface area contributed by atoms with Gasteiger partial charge in [-0.25, -0.2) is 0 Å².